The molecule has 1 aromatic heterocycles. The Balaban J connectivity index is 1.85. The van der Waals surface area contributed by atoms with E-state index >= 15 is 0 Å². The lowest BCUT2D eigenvalue weighted by atomic mass is 9.95. The quantitative estimate of drug-likeness (QED) is 0.813. The topological polar surface area (TPSA) is 75.3 Å². The first-order chi connectivity index (χ1) is 7.78. The zero-order chi connectivity index (χ0) is 11.4. The van der Waals surface area contributed by atoms with Crippen LogP contribution in [-0.4, -0.2) is 39.9 Å². The molecule has 0 aliphatic carbocycles. The van der Waals surface area contributed by atoms with E-state index in [1.165, 1.54) is 24.2 Å². The van der Waals surface area contributed by atoms with E-state index in [9.17, 15) is 0 Å². The van der Waals surface area contributed by atoms with Gasteiger partial charge in [-0.2, -0.15) is 0 Å². The van der Waals surface area contributed by atoms with Gasteiger partial charge in [-0.1, -0.05) is 11.3 Å². The summed E-state index contributed by atoms with van der Waals surface area (Å²) in [4.78, 5) is 2.38. The monoisotopic (exact) mass is 242 g/mol. The predicted octanol–water partition coefficient (Wildman–Crippen LogP) is 0.715. The number of aliphatic hydroxyl groups is 1. The second-order valence-electron chi connectivity index (χ2n) is 4.29. The van der Waals surface area contributed by atoms with Gasteiger partial charge < -0.3 is 10.8 Å². The van der Waals surface area contributed by atoms with Crippen molar-refractivity contribution in [2.75, 3.05) is 25.4 Å². The van der Waals surface area contributed by atoms with Gasteiger partial charge in [0.1, 0.15) is 5.01 Å². The first kappa shape index (κ1) is 11.8. The molecule has 0 aromatic carbocycles. The maximum atomic E-state index is 8.94. The maximum absolute atomic E-state index is 8.94. The molecule has 1 atom stereocenters. The van der Waals surface area contributed by atoms with Crippen molar-refractivity contribution in [3.8, 4) is 0 Å². The smallest absolute Gasteiger partial charge is 0.203 e. The van der Waals surface area contributed by atoms with E-state index in [2.05, 4.69) is 15.1 Å². The van der Waals surface area contributed by atoms with Gasteiger partial charge in [0.25, 0.3) is 0 Å². The first-order valence-electron chi connectivity index (χ1n) is 5.69. The van der Waals surface area contributed by atoms with Crippen LogP contribution in [0.15, 0.2) is 0 Å². The van der Waals surface area contributed by atoms with Crippen LogP contribution in [0.2, 0.25) is 0 Å². The van der Waals surface area contributed by atoms with Crippen molar-refractivity contribution in [2.24, 2.45) is 5.92 Å². The SMILES string of the molecule is Nc1nnc(CN2CCCC(CCO)C2)s1. The average Bonchev–Trinajstić information content (AvgIpc) is 2.65. The van der Waals surface area contributed by atoms with Gasteiger partial charge in [-0.05, 0) is 31.7 Å². The van der Waals surface area contributed by atoms with Crippen molar-refractivity contribution in [1.82, 2.24) is 15.1 Å². The number of hydrogen-bond donors (Lipinski definition) is 2. The molecular formula is C10H18N4OS. The van der Waals surface area contributed by atoms with Crippen molar-refractivity contribution in [3.63, 3.8) is 0 Å². The molecule has 5 nitrogen and oxygen atoms in total. The molecule has 2 rings (SSSR count). The Labute approximate surface area is 99.3 Å². The lowest BCUT2D eigenvalue weighted by Gasteiger charge is -2.31. The van der Waals surface area contributed by atoms with Crippen molar-refractivity contribution >= 4 is 16.5 Å². The molecule has 3 N–H and O–H groups in total. The zero-order valence-electron chi connectivity index (χ0n) is 9.30. The Morgan fingerprint density at radius 1 is 1.50 bits per heavy atom. The van der Waals surface area contributed by atoms with Gasteiger partial charge in [0.15, 0.2) is 0 Å². The van der Waals surface area contributed by atoms with Crippen molar-refractivity contribution in [2.45, 2.75) is 25.8 Å². The van der Waals surface area contributed by atoms with Crippen molar-refractivity contribution in [1.29, 1.82) is 0 Å². The molecule has 2 heterocycles. The van der Waals surface area contributed by atoms with Gasteiger partial charge >= 0.3 is 0 Å². The molecule has 1 aliphatic heterocycles. The number of nitrogens with zero attached hydrogens (tertiary/aromatic N) is 3. The van der Waals surface area contributed by atoms with Gasteiger partial charge in [-0.3, -0.25) is 4.90 Å². The van der Waals surface area contributed by atoms with Crippen LogP contribution < -0.4 is 5.73 Å². The fourth-order valence-electron chi connectivity index (χ4n) is 2.23. The summed E-state index contributed by atoms with van der Waals surface area (Å²) in [5.74, 6) is 0.629. The second kappa shape index (κ2) is 5.56. The molecule has 0 saturated carbocycles. The summed E-state index contributed by atoms with van der Waals surface area (Å²) in [7, 11) is 0. The number of nitrogens with two attached hydrogens (primary N) is 1. The van der Waals surface area contributed by atoms with E-state index in [1.807, 2.05) is 0 Å². The molecule has 1 aromatic rings. The molecule has 0 radical (unpaired) electrons. The maximum Gasteiger partial charge on any atom is 0.203 e. The van der Waals surface area contributed by atoms with E-state index in [0.717, 1.165) is 31.1 Å². The van der Waals surface area contributed by atoms with Crippen LogP contribution >= 0.6 is 11.3 Å². The van der Waals surface area contributed by atoms with E-state index in [1.54, 1.807) is 0 Å². The molecule has 1 fully saturated rings. The number of anilines is 1. The normalized spacial score (nSPS) is 22.4. The molecule has 0 bridgehead atoms. The highest BCUT2D eigenvalue weighted by Gasteiger charge is 2.20. The van der Waals surface area contributed by atoms with Crippen molar-refractivity contribution in [3.05, 3.63) is 5.01 Å². The highest BCUT2D eigenvalue weighted by molar-refractivity contribution is 7.15. The largest absolute Gasteiger partial charge is 0.396 e. The minimum Gasteiger partial charge on any atom is -0.396 e. The minimum atomic E-state index is 0.296. The average molecular weight is 242 g/mol. The Morgan fingerprint density at radius 3 is 3.06 bits per heavy atom. The lowest BCUT2D eigenvalue weighted by Crippen LogP contribution is -2.35. The minimum absolute atomic E-state index is 0.296. The van der Waals surface area contributed by atoms with Crippen LogP contribution in [0.25, 0.3) is 0 Å². The van der Waals surface area contributed by atoms with Gasteiger partial charge in [-0.15, -0.1) is 10.2 Å². The van der Waals surface area contributed by atoms with E-state index in [0.29, 0.717) is 17.7 Å². The van der Waals surface area contributed by atoms with Gasteiger partial charge in [-0.25, -0.2) is 0 Å². The summed E-state index contributed by atoms with van der Waals surface area (Å²) < 4.78 is 0. The van der Waals surface area contributed by atoms with E-state index in [-0.39, 0.29) is 0 Å². The van der Waals surface area contributed by atoms with Crippen LogP contribution in [0.3, 0.4) is 0 Å². The Kier molecular flexibility index (Phi) is 4.09. The molecule has 1 unspecified atom stereocenters. The first-order valence-corrected chi connectivity index (χ1v) is 6.50. The molecule has 0 amide bonds. The van der Waals surface area contributed by atoms with E-state index < -0.39 is 0 Å². The molecular weight excluding hydrogens is 224 g/mol. The van der Waals surface area contributed by atoms with Crippen LogP contribution in [0.4, 0.5) is 5.13 Å². The number of rotatable bonds is 4. The van der Waals surface area contributed by atoms with Crippen LogP contribution in [0.1, 0.15) is 24.3 Å². The van der Waals surface area contributed by atoms with Crippen LogP contribution in [-0.2, 0) is 6.54 Å². The highest BCUT2D eigenvalue weighted by atomic mass is 32.1. The predicted molar refractivity (Wildman–Crippen MR) is 64.0 cm³/mol. The molecule has 90 valence electrons. The van der Waals surface area contributed by atoms with Gasteiger partial charge in [0.05, 0.1) is 6.54 Å². The van der Waals surface area contributed by atoms with E-state index in [4.69, 9.17) is 10.8 Å². The number of piperidine rings is 1. The van der Waals surface area contributed by atoms with Crippen LogP contribution in [0, 0.1) is 5.92 Å². The Bertz CT molecular complexity index is 328. The third-order valence-electron chi connectivity index (χ3n) is 2.98. The summed E-state index contributed by atoms with van der Waals surface area (Å²) >= 11 is 1.46. The molecule has 1 saturated heterocycles. The molecule has 6 heteroatoms. The summed E-state index contributed by atoms with van der Waals surface area (Å²) in [5.41, 5.74) is 5.55. The number of nitrogen functional groups attached to an aromatic ring is 1. The third-order valence-corrected chi connectivity index (χ3v) is 3.72. The van der Waals surface area contributed by atoms with Crippen molar-refractivity contribution < 1.29 is 5.11 Å². The summed E-state index contributed by atoms with van der Waals surface area (Å²) in [6, 6.07) is 0. The fraction of sp³-hybridized carbons (Fsp3) is 0.800. The highest BCUT2D eigenvalue weighted by Crippen LogP contribution is 2.22. The fourth-order valence-corrected chi connectivity index (χ4v) is 2.89. The molecule has 1 aliphatic rings. The number of likely N-dealkylation sites (tertiary alicyclic amines) is 1. The number of aromatic nitrogens is 2. The van der Waals surface area contributed by atoms with Gasteiger partial charge in [0.2, 0.25) is 5.13 Å². The van der Waals surface area contributed by atoms with Crippen LogP contribution in [0.5, 0.6) is 0 Å². The second-order valence-corrected chi connectivity index (χ2v) is 5.38. The molecule has 16 heavy (non-hydrogen) atoms. The Morgan fingerprint density at radius 2 is 2.38 bits per heavy atom. The molecule has 0 spiro atoms. The summed E-state index contributed by atoms with van der Waals surface area (Å²) in [6.07, 6.45) is 3.35. The summed E-state index contributed by atoms with van der Waals surface area (Å²) in [6.45, 7) is 3.31. The van der Waals surface area contributed by atoms with Gasteiger partial charge in [0, 0.05) is 13.2 Å². The number of hydrogen-bond acceptors (Lipinski definition) is 6. The summed E-state index contributed by atoms with van der Waals surface area (Å²) in [5, 5.41) is 18.3. The standard InChI is InChI=1S/C10H18N4OS/c11-10-13-12-9(16-10)7-14-4-1-2-8(6-14)3-5-15/h8,15H,1-7H2,(H2,11,13). The third kappa shape index (κ3) is 3.13. The zero-order valence-corrected chi connectivity index (χ0v) is 10.1. The lowest BCUT2D eigenvalue weighted by molar-refractivity contribution is 0.142. The Hall–Kier alpha value is -0.720. The number of aliphatic hydroxyl groups excluding tert-OH is 1.